The van der Waals surface area contributed by atoms with E-state index in [0.717, 1.165) is 27.4 Å². The first kappa shape index (κ1) is 21.1. The first-order chi connectivity index (χ1) is 15.2. The monoisotopic (exact) mass is 450 g/mol. The third kappa shape index (κ3) is 5.71. The van der Waals surface area contributed by atoms with Crippen LogP contribution in [0.25, 0.3) is 10.6 Å². The Bertz CT molecular complexity index is 1120. The average molecular weight is 451 g/mol. The molecule has 0 fully saturated rings. The molecule has 0 atom stereocenters. The Hall–Kier alpha value is -3.16. The number of nitrogens with zero attached hydrogens (tertiary/aromatic N) is 1. The molecule has 1 amide bonds. The second kappa shape index (κ2) is 10.2. The molecule has 2 aromatic carbocycles. The fourth-order valence-electron chi connectivity index (χ4n) is 3.01. The number of carbonyl (C=O) groups excluding carboxylic acids is 1. The highest BCUT2D eigenvalue weighted by atomic mass is 32.1. The Morgan fingerprint density at radius 3 is 2.68 bits per heavy atom. The molecule has 0 aliphatic carbocycles. The molecular weight excluding hydrogens is 428 g/mol. The highest BCUT2D eigenvalue weighted by Crippen LogP contribution is 2.29. The molecule has 5 nitrogen and oxygen atoms in total. The van der Waals surface area contributed by atoms with Crippen molar-refractivity contribution in [2.45, 2.75) is 19.6 Å². The Morgan fingerprint density at radius 2 is 1.90 bits per heavy atom. The molecule has 0 aliphatic heterocycles. The quantitative estimate of drug-likeness (QED) is 0.375. The summed E-state index contributed by atoms with van der Waals surface area (Å²) in [7, 11) is 1.61. The van der Waals surface area contributed by atoms with E-state index in [4.69, 9.17) is 9.47 Å². The highest BCUT2D eigenvalue weighted by Gasteiger charge is 2.11. The van der Waals surface area contributed by atoms with E-state index in [1.807, 2.05) is 65.4 Å². The number of amides is 1. The van der Waals surface area contributed by atoms with Crippen molar-refractivity contribution < 1.29 is 14.3 Å². The number of thiazole rings is 1. The van der Waals surface area contributed by atoms with E-state index in [0.29, 0.717) is 24.7 Å². The Balaban J connectivity index is 1.31. The van der Waals surface area contributed by atoms with Gasteiger partial charge in [0.25, 0.3) is 0 Å². The van der Waals surface area contributed by atoms with Gasteiger partial charge in [-0.05, 0) is 34.7 Å². The largest absolute Gasteiger partial charge is 0.493 e. The van der Waals surface area contributed by atoms with E-state index in [-0.39, 0.29) is 12.3 Å². The molecular formula is C24H22N2O3S2. The minimum absolute atomic E-state index is 0.0643. The van der Waals surface area contributed by atoms with Gasteiger partial charge in [0.2, 0.25) is 5.91 Å². The molecule has 0 saturated carbocycles. The van der Waals surface area contributed by atoms with Crippen LogP contribution in [-0.4, -0.2) is 18.0 Å². The molecule has 2 heterocycles. The van der Waals surface area contributed by atoms with Crippen molar-refractivity contribution in [3.63, 3.8) is 0 Å². The Labute approximate surface area is 189 Å². The van der Waals surface area contributed by atoms with Gasteiger partial charge in [-0.25, -0.2) is 4.98 Å². The molecule has 158 valence electrons. The van der Waals surface area contributed by atoms with Crippen LogP contribution in [0, 0.1) is 0 Å². The maximum Gasteiger partial charge on any atom is 0.226 e. The van der Waals surface area contributed by atoms with Gasteiger partial charge in [0.1, 0.15) is 11.6 Å². The fourth-order valence-corrected chi connectivity index (χ4v) is 4.54. The van der Waals surface area contributed by atoms with Crippen LogP contribution in [-0.2, 0) is 24.4 Å². The van der Waals surface area contributed by atoms with Crippen molar-refractivity contribution in [3.8, 4) is 22.1 Å². The van der Waals surface area contributed by atoms with E-state index in [2.05, 4.69) is 15.7 Å². The van der Waals surface area contributed by atoms with Crippen LogP contribution in [0.4, 0.5) is 0 Å². The number of benzene rings is 2. The zero-order valence-corrected chi connectivity index (χ0v) is 18.7. The van der Waals surface area contributed by atoms with Crippen molar-refractivity contribution in [3.05, 3.63) is 87.6 Å². The maximum atomic E-state index is 12.4. The van der Waals surface area contributed by atoms with Crippen LogP contribution in [0.15, 0.2) is 70.7 Å². The molecule has 4 aromatic rings. The zero-order valence-electron chi connectivity index (χ0n) is 17.0. The number of ether oxygens (including phenoxy) is 2. The summed E-state index contributed by atoms with van der Waals surface area (Å²) in [6, 6.07) is 17.7. The van der Waals surface area contributed by atoms with Gasteiger partial charge >= 0.3 is 0 Å². The van der Waals surface area contributed by atoms with Crippen molar-refractivity contribution in [1.29, 1.82) is 0 Å². The van der Waals surface area contributed by atoms with E-state index < -0.39 is 0 Å². The normalized spacial score (nSPS) is 10.6. The summed E-state index contributed by atoms with van der Waals surface area (Å²) in [5.41, 5.74) is 3.91. The number of hydrogen-bond acceptors (Lipinski definition) is 6. The number of nitrogens with one attached hydrogen (secondary N) is 1. The number of thiophene rings is 1. The fraction of sp³-hybridized carbons (Fsp3) is 0.167. The molecule has 0 aliphatic rings. The lowest BCUT2D eigenvalue weighted by molar-refractivity contribution is -0.120. The van der Waals surface area contributed by atoms with Crippen LogP contribution in [0.1, 0.15) is 16.8 Å². The van der Waals surface area contributed by atoms with Crippen LogP contribution in [0.2, 0.25) is 0 Å². The minimum Gasteiger partial charge on any atom is -0.493 e. The Kier molecular flexibility index (Phi) is 6.96. The first-order valence-corrected chi connectivity index (χ1v) is 11.6. The van der Waals surface area contributed by atoms with Gasteiger partial charge in [-0.2, -0.15) is 11.3 Å². The number of aromatic nitrogens is 1. The van der Waals surface area contributed by atoms with Crippen LogP contribution < -0.4 is 14.8 Å². The molecule has 2 aromatic heterocycles. The summed E-state index contributed by atoms with van der Waals surface area (Å²) in [5.74, 6) is 1.25. The van der Waals surface area contributed by atoms with E-state index in [1.54, 1.807) is 29.8 Å². The first-order valence-electron chi connectivity index (χ1n) is 9.78. The zero-order chi connectivity index (χ0) is 21.5. The molecule has 0 unspecified atom stereocenters. The second-order valence-electron chi connectivity index (χ2n) is 6.87. The molecule has 1 N–H and O–H groups in total. The van der Waals surface area contributed by atoms with Crippen LogP contribution in [0.5, 0.6) is 11.5 Å². The Morgan fingerprint density at radius 1 is 1.03 bits per heavy atom. The van der Waals surface area contributed by atoms with Crippen molar-refractivity contribution in [1.82, 2.24) is 10.3 Å². The van der Waals surface area contributed by atoms with Gasteiger partial charge in [0.15, 0.2) is 11.5 Å². The minimum atomic E-state index is -0.0643. The van der Waals surface area contributed by atoms with E-state index in [1.165, 1.54) is 0 Å². The van der Waals surface area contributed by atoms with Gasteiger partial charge in [-0.15, -0.1) is 11.3 Å². The number of hydrogen-bond donors (Lipinski definition) is 1. The molecule has 7 heteroatoms. The van der Waals surface area contributed by atoms with Crippen molar-refractivity contribution in [2.75, 3.05) is 7.11 Å². The number of carbonyl (C=O) groups is 1. The van der Waals surface area contributed by atoms with Gasteiger partial charge in [0, 0.05) is 22.9 Å². The molecule has 0 spiro atoms. The molecule has 0 radical (unpaired) electrons. The molecule has 4 rings (SSSR count). The van der Waals surface area contributed by atoms with E-state index in [9.17, 15) is 4.79 Å². The second-order valence-corrected chi connectivity index (χ2v) is 8.51. The lowest BCUT2D eigenvalue weighted by Gasteiger charge is -2.13. The van der Waals surface area contributed by atoms with Crippen LogP contribution in [0.3, 0.4) is 0 Å². The number of methoxy groups -OCH3 is 1. The van der Waals surface area contributed by atoms with Gasteiger partial charge in [-0.3, -0.25) is 4.79 Å². The lowest BCUT2D eigenvalue weighted by atomic mass is 10.2. The summed E-state index contributed by atoms with van der Waals surface area (Å²) in [6.45, 7) is 0.879. The van der Waals surface area contributed by atoms with Crippen molar-refractivity contribution >= 4 is 28.6 Å². The van der Waals surface area contributed by atoms with Gasteiger partial charge in [0.05, 0.1) is 19.2 Å². The third-order valence-corrected chi connectivity index (χ3v) is 6.24. The van der Waals surface area contributed by atoms with Crippen molar-refractivity contribution in [2.24, 2.45) is 0 Å². The molecule has 0 bridgehead atoms. The molecule has 0 saturated heterocycles. The average Bonchev–Trinajstić information content (AvgIpc) is 3.49. The smallest absolute Gasteiger partial charge is 0.226 e. The SMILES string of the molecule is COc1cc(CNC(=O)Cc2csc(-c3ccsc3)n2)ccc1OCc1ccccc1. The predicted molar refractivity (Wildman–Crippen MR) is 125 cm³/mol. The summed E-state index contributed by atoms with van der Waals surface area (Å²) < 4.78 is 11.4. The predicted octanol–water partition coefficient (Wildman–Crippen LogP) is 5.32. The summed E-state index contributed by atoms with van der Waals surface area (Å²) in [5, 5.41) is 9.92. The summed E-state index contributed by atoms with van der Waals surface area (Å²) in [4.78, 5) is 16.9. The van der Waals surface area contributed by atoms with Crippen LogP contribution >= 0.6 is 22.7 Å². The molecule has 31 heavy (non-hydrogen) atoms. The summed E-state index contributed by atoms with van der Waals surface area (Å²) in [6.07, 6.45) is 0.260. The standard InChI is InChI=1S/C24H22N2O3S2/c1-28-22-11-18(7-8-21(22)29-14-17-5-3-2-4-6-17)13-25-23(27)12-20-16-31-24(26-20)19-9-10-30-15-19/h2-11,15-16H,12-14H2,1H3,(H,25,27). The topological polar surface area (TPSA) is 60.5 Å². The van der Waals surface area contributed by atoms with E-state index >= 15 is 0 Å². The van der Waals surface area contributed by atoms with Gasteiger partial charge in [-0.1, -0.05) is 36.4 Å². The highest BCUT2D eigenvalue weighted by molar-refractivity contribution is 7.14. The summed E-state index contributed by atoms with van der Waals surface area (Å²) >= 11 is 3.20. The maximum absolute atomic E-state index is 12.4. The lowest BCUT2D eigenvalue weighted by Crippen LogP contribution is -2.24. The third-order valence-electron chi connectivity index (χ3n) is 4.62. The number of rotatable bonds is 9. The van der Waals surface area contributed by atoms with Gasteiger partial charge < -0.3 is 14.8 Å².